The molecule has 33 heavy (non-hydrogen) atoms. The summed E-state index contributed by atoms with van der Waals surface area (Å²) >= 11 is 0. The molecule has 4 rings (SSSR count). The molecule has 0 fully saturated rings. The first-order valence-electron chi connectivity index (χ1n) is 10.6. The first-order chi connectivity index (χ1) is 15.9. The molecule has 0 saturated carbocycles. The third-order valence-corrected chi connectivity index (χ3v) is 5.41. The van der Waals surface area contributed by atoms with Gasteiger partial charge in [-0.2, -0.15) is 5.10 Å². The van der Waals surface area contributed by atoms with Crippen molar-refractivity contribution in [2.45, 2.75) is 32.7 Å². The fourth-order valence-corrected chi connectivity index (χ4v) is 3.82. The maximum atomic E-state index is 12.5. The van der Waals surface area contributed by atoms with Crippen molar-refractivity contribution in [1.82, 2.24) is 15.1 Å². The van der Waals surface area contributed by atoms with Crippen LogP contribution >= 0.6 is 0 Å². The van der Waals surface area contributed by atoms with Crippen LogP contribution in [0.1, 0.15) is 34.6 Å². The number of nitrogens with one attached hydrogen (secondary N) is 3. The lowest BCUT2D eigenvalue weighted by molar-refractivity contribution is -0.118. The fraction of sp³-hybridized carbons (Fsp3) is 0.250. The van der Waals surface area contributed by atoms with Gasteiger partial charge in [0.05, 0.1) is 24.1 Å². The van der Waals surface area contributed by atoms with Gasteiger partial charge in [-0.15, -0.1) is 0 Å². The maximum absolute atomic E-state index is 12.5. The second kappa shape index (κ2) is 9.15. The van der Waals surface area contributed by atoms with E-state index in [1.807, 2.05) is 26.0 Å². The molecular weight excluding hydrogens is 422 g/mol. The summed E-state index contributed by atoms with van der Waals surface area (Å²) in [6, 6.07) is 13.3. The van der Waals surface area contributed by atoms with Crippen LogP contribution in [0.15, 0.2) is 48.5 Å². The highest BCUT2D eigenvalue weighted by atomic mass is 16.5. The molecule has 0 aliphatic carbocycles. The van der Waals surface area contributed by atoms with Gasteiger partial charge in [0, 0.05) is 23.9 Å². The summed E-state index contributed by atoms with van der Waals surface area (Å²) in [4.78, 5) is 37.5. The Bertz CT molecular complexity index is 1230. The van der Waals surface area contributed by atoms with Gasteiger partial charge in [0.1, 0.15) is 17.5 Å². The van der Waals surface area contributed by atoms with Gasteiger partial charge in [0.15, 0.2) is 0 Å². The van der Waals surface area contributed by atoms with E-state index in [4.69, 9.17) is 4.74 Å². The van der Waals surface area contributed by atoms with Crippen LogP contribution in [-0.4, -0.2) is 40.7 Å². The lowest BCUT2D eigenvalue weighted by atomic mass is 10.1. The highest BCUT2D eigenvalue weighted by molar-refractivity contribution is 6.10. The fourth-order valence-electron chi connectivity index (χ4n) is 3.82. The van der Waals surface area contributed by atoms with Gasteiger partial charge in [0.2, 0.25) is 11.8 Å². The lowest BCUT2D eigenvalue weighted by Gasteiger charge is -2.15. The Balaban J connectivity index is 1.40. The molecule has 0 bridgehead atoms. The van der Waals surface area contributed by atoms with E-state index in [1.54, 1.807) is 48.2 Å². The van der Waals surface area contributed by atoms with E-state index in [0.29, 0.717) is 22.7 Å². The Morgan fingerprint density at radius 3 is 2.67 bits per heavy atom. The van der Waals surface area contributed by atoms with Gasteiger partial charge in [-0.25, -0.2) is 4.68 Å². The summed E-state index contributed by atoms with van der Waals surface area (Å²) < 4.78 is 7.28. The zero-order valence-corrected chi connectivity index (χ0v) is 18.6. The number of nitrogens with zero attached hydrogens (tertiary/aromatic N) is 2. The Morgan fingerprint density at radius 1 is 1.15 bits per heavy atom. The van der Waals surface area contributed by atoms with E-state index in [1.165, 1.54) is 0 Å². The average molecular weight is 447 g/mol. The summed E-state index contributed by atoms with van der Waals surface area (Å²) in [6.07, 6.45) is 0.217. The molecular formula is C24H25N5O4. The summed E-state index contributed by atoms with van der Waals surface area (Å²) in [5, 5.41) is 12.7. The highest BCUT2D eigenvalue weighted by Gasteiger charge is 2.27. The van der Waals surface area contributed by atoms with Crippen LogP contribution < -0.4 is 20.7 Å². The van der Waals surface area contributed by atoms with Crippen molar-refractivity contribution in [2.24, 2.45) is 0 Å². The number of aromatic nitrogens is 2. The van der Waals surface area contributed by atoms with E-state index >= 15 is 0 Å². The molecule has 1 aromatic heterocycles. The minimum atomic E-state index is -0.807. The summed E-state index contributed by atoms with van der Waals surface area (Å²) in [6.45, 7) is 3.87. The lowest BCUT2D eigenvalue weighted by Crippen LogP contribution is -2.41. The molecule has 1 aliphatic rings. The number of para-hydroxylation sites is 1. The first-order valence-corrected chi connectivity index (χ1v) is 10.6. The number of aryl methyl sites for hydroxylation is 2. The van der Waals surface area contributed by atoms with Crippen molar-refractivity contribution < 1.29 is 19.1 Å². The van der Waals surface area contributed by atoms with Crippen LogP contribution in [0.3, 0.4) is 0 Å². The molecule has 1 atom stereocenters. The smallest absolute Gasteiger partial charge is 0.254 e. The van der Waals surface area contributed by atoms with Crippen LogP contribution in [0, 0.1) is 13.8 Å². The Hall–Kier alpha value is -4.14. The van der Waals surface area contributed by atoms with E-state index in [2.05, 4.69) is 21.0 Å². The number of hydrogen-bond donors (Lipinski definition) is 3. The van der Waals surface area contributed by atoms with Crippen LogP contribution in [0.25, 0.3) is 5.69 Å². The Kier molecular flexibility index (Phi) is 6.12. The summed E-state index contributed by atoms with van der Waals surface area (Å²) in [7, 11) is 1.56. The van der Waals surface area contributed by atoms with Crippen molar-refractivity contribution in [1.29, 1.82) is 0 Å². The summed E-state index contributed by atoms with van der Waals surface area (Å²) in [5.41, 5.74) is 4.04. The minimum Gasteiger partial charge on any atom is -0.494 e. The van der Waals surface area contributed by atoms with Crippen LogP contribution in [0.2, 0.25) is 0 Å². The number of rotatable bonds is 6. The third-order valence-electron chi connectivity index (χ3n) is 5.41. The second-order valence-electron chi connectivity index (χ2n) is 7.87. The Morgan fingerprint density at radius 2 is 1.94 bits per heavy atom. The second-order valence-corrected chi connectivity index (χ2v) is 7.87. The number of hydrogen-bond acceptors (Lipinski definition) is 5. The van der Waals surface area contributed by atoms with Crippen molar-refractivity contribution in [3.8, 4) is 11.4 Å². The van der Waals surface area contributed by atoms with Crippen molar-refractivity contribution >= 4 is 29.1 Å². The van der Waals surface area contributed by atoms with Crippen LogP contribution in [-0.2, 0) is 9.59 Å². The monoisotopic (exact) mass is 447 g/mol. The number of anilines is 2. The Labute approximate surface area is 191 Å². The predicted octanol–water partition coefficient (Wildman–Crippen LogP) is 2.97. The molecule has 0 radical (unpaired) electrons. The van der Waals surface area contributed by atoms with E-state index < -0.39 is 6.04 Å². The number of ether oxygens (including phenoxy) is 1. The standard InChI is InChI=1S/C24H25N5O4/c1-14-12-15(2)29(28-14)20-10-8-16(13-21(20)33-3)25-22(30)11-9-19-24(32)26-18-7-5-4-6-17(18)23(31)27-19/h4-8,10,12-13,19H,9,11H2,1-3H3,(H,25,30)(H,26,32)(H,27,31). The number of carbonyl (C=O) groups is 3. The number of carbonyl (C=O) groups excluding carboxylic acids is 3. The number of methoxy groups -OCH3 is 1. The molecule has 2 aromatic carbocycles. The van der Waals surface area contributed by atoms with Gasteiger partial charge in [0.25, 0.3) is 5.91 Å². The molecule has 1 unspecified atom stereocenters. The van der Waals surface area contributed by atoms with E-state index in [9.17, 15) is 14.4 Å². The maximum Gasteiger partial charge on any atom is 0.254 e. The number of fused-ring (bicyclic) bond motifs is 1. The van der Waals surface area contributed by atoms with Gasteiger partial charge in [-0.05, 0) is 50.6 Å². The van der Waals surface area contributed by atoms with Gasteiger partial charge in [-0.1, -0.05) is 12.1 Å². The largest absolute Gasteiger partial charge is 0.494 e. The first kappa shape index (κ1) is 22.1. The molecule has 9 nitrogen and oxygen atoms in total. The topological polar surface area (TPSA) is 114 Å². The van der Waals surface area contributed by atoms with Crippen molar-refractivity contribution in [3.63, 3.8) is 0 Å². The molecule has 3 aromatic rings. The van der Waals surface area contributed by atoms with Gasteiger partial charge < -0.3 is 20.7 Å². The average Bonchev–Trinajstić information content (AvgIpc) is 3.07. The van der Waals surface area contributed by atoms with Crippen molar-refractivity contribution in [3.05, 3.63) is 65.5 Å². The molecule has 170 valence electrons. The number of amides is 3. The molecule has 1 aliphatic heterocycles. The molecule has 0 saturated heterocycles. The van der Waals surface area contributed by atoms with Gasteiger partial charge >= 0.3 is 0 Å². The van der Waals surface area contributed by atoms with E-state index in [-0.39, 0.29) is 30.6 Å². The minimum absolute atomic E-state index is 0.0518. The molecule has 0 spiro atoms. The van der Waals surface area contributed by atoms with Crippen LogP contribution in [0.4, 0.5) is 11.4 Å². The molecule has 3 amide bonds. The van der Waals surface area contributed by atoms with E-state index in [0.717, 1.165) is 17.1 Å². The van der Waals surface area contributed by atoms with Gasteiger partial charge in [-0.3, -0.25) is 14.4 Å². The predicted molar refractivity (Wildman–Crippen MR) is 124 cm³/mol. The molecule has 2 heterocycles. The zero-order chi connectivity index (χ0) is 23.5. The molecule has 3 N–H and O–H groups in total. The zero-order valence-electron chi connectivity index (χ0n) is 18.6. The quantitative estimate of drug-likeness (QED) is 0.538. The summed E-state index contributed by atoms with van der Waals surface area (Å²) in [5.74, 6) is -0.414. The third kappa shape index (κ3) is 4.72. The molecule has 9 heteroatoms. The van der Waals surface area contributed by atoms with Crippen LogP contribution in [0.5, 0.6) is 5.75 Å². The highest BCUT2D eigenvalue weighted by Crippen LogP contribution is 2.28. The SMILES string of the molecule is COc1cc(NC(=O)CCC2NC(=O)c3ccccc3NC2=O)ccc1-n1nc(C)cc1C. The van der Waals surface area contributed by atoms with Crippen molar-refractivity contribution in [2.75, 3.05) is 17.7 Å². The normalized spacial score (nSPS) is 15.2. The number of benzene rings is 2.